The van der Waals surface area contributed by atoms with Crippen molar-refractivity contribution >= 4 is 21.8 Å². The summed E-state index contributed by atoms with van der Waals surface area (Å²) in [6.07, 6.45) is 0. The van der Waals surface area contributed by atoms with Gasteiger partial charge in [-0.2, -0.15) is 0 Å². The van der Waals surface area contributed by atoms with Gasteiger partial charge in [0.25, 0.3) is 0 Å². The van der Waals surface area contributed by atoms with Crippen molar-refractivity contribution in [2.75, 3.05) is 5.73 Å². The minimum atomic E-state index is -0.359. The summed E-state index contributed by atoms with van der Waals surface area (Å²) in [5.41, 5.74) is 7.30. The predicted octanol–water partition coefficient (Wildman–Crippen LogP) is 3.95. The zero-order valence-corrected chi connectivity index (χ0v) is 11.1. The van der Waals surface area contributed by atoms with Gasteiger partial charge in [0, 0.05) is 11.1 Å². The van der Waals surface area contributed by atoms with Crippen LogP contribution >= 0.6 is 15.9 Å². The third kappa shape index (κ3) is 2.07. The molecule has 0 atom stereocenters. The van der Waals surface area contributed by atoms with Gasteiger partial charge in [0.15, 0.2) is 0 Å². The van der Waals surface area contributed by atoms with Gasteiger partial charge in [-0.05, 0) is 34.0 Å². The molecule has 0 aliphatic rings. The van der Waals surface area contributed by atoms with Crippen LogP contribution in [0.1, 0.15) is 25.3 Å². The molecule has 0 aliphatic carbocycles. The van der Waals surface area contributed by atoms with Crippen molar-refractivity contribution in [1.29, 1.82) is 0 Å². The molecule has 2 N–H and O–H groups in total. The first-order chi connectivity index (χ1) is 8.02. The minimum Gasteiger partial charge on any atom is -0.367 e. The Morgan fingerprint density at radius 2 is 2.12 bits per heavy atom. The fourth-order valence-corrected chi connectivity index (χ4v) is 2.11. The van der Waals surface area contributed by atoms with E-state index in [9.17, 15) is 4.39 Å². The first kappa shape index (κ1) is 12.1. The molecule has 3 nitrogen and oxygen atoms in total. The van der Waals surface area contributed by atoms with E-state index in [1.54, 1.807) is 18.2 Å². The van der Waals surface area contributed by atoms with Crippen LogP contribution in [0.4, 0.5) is 10.3 Å². The first-order valence-corrected chi connectivity index (χ1v) is 6.01. The van der Waals surface area contributed by atoms with Crippen LogP contribution in [0.2, 0.25) is 0 Å². The highest BCUT2D eigenvalue weighted by Crippen LogP contribution is 2.35. The summed E-state index contributed by atoms with van der Waals surface area (Å²) in [5.74, 6) is 0.00621. The Kier molecular flexibility index (Phi) is 3.19. The van der Waals surface area contributed by atoms with Crippen LogP contribution in [0.25, 0.3) is 11.3 Å². The van der Waals surface area contributed by atoms with E-state index in [4.69, 9.17) is 10.3 Å². The lowest BCUT2D eigenvalue weighted by atomic mass is 9.98. The van der Waals surface area contributed by atoms with Gasteiger partial charge < -0.3 is 10.3 Å². The number of hydrogen-bond acceptors (Lipinski definition) is 3. The Hall–Kier alpha value is -1.36. The van der Waals surface area contributed by atoms with Crippen LogP contribution in [0.5, 0.6) is 0 Å². The molecule has 1 heterocycles. The Bertz CT molecular complexity index is 551. The van der Waals surface area contributed by atoms with Crippen LogP contribution in [-0.2, 0) is 0 Å². The van der Waals surface area contributed by atoms with Gasteiger partial charge in [0.05, 0.1) is 4.47 Å². The van der Waals surface area contributed by atoms with Crippen molar-refractivity contribution in [1.82, 2.24) is 5.16 Å². The largest absolute Gasteiger partial charge is 0.367 e. The summed E-state index contributed by atoms with van der Waals surface area (Å²) in [7, 11) is 0. The molecule has 0 radical (unpaired) electrons. The lowest BCUT2D eigenvalue weighted by molar-refractivity contribution is 0.437. The number of nitrogen functional groups attached to an aromatic ring is 1. The zero-order valence-electron chi connectivity index (χ0n) is 9.50. The van der Waals surface area contributed by atoms with E-state index in [-0.39, 0.29) is 17.6 Å². The Morgan fingerprint density at radius 3 is 2.76 bits per heavy atom. The lowest BCUT2D eigenvalue weighted by Gasteiger charge is -2.06. The number of halogens is 2. The molecule has 1 aromatic heterocycles. The van der Waals surface area contributed by atoms with Crippen LogP contribution in [0, 0.1) is 5.82 Å². The number of hydrogen-bond donors (Lipinski definition) is 1. The van der Waals surface area contributed by atoms with E-state index in [0.29, 0.717) is 15.7 Å². The fourth-order valence-electron chi connectivity index (χ4n) is 1.75. The fraction of sp³-hybridized carbons (Fsp3) is 0.250. The first-order valence-electron chi connectivity index (χ1n) is 5.21. The van der Waals surface area contributed by atoms with Crippen molar-refractivity contribution in [2.45, 2.75) is 19.8 Å². The van der Waals surface area contributed by atoms with Crippen molar-refractivity contribution in [3.05, 3.63) is 34.1 Å². The second kappa shape index (κ2) is 4.49. The van der Waals surface area contributed by atoms with Crippen molar-refractivity contribution in [2.24, 2.45) is 0 Å². The Labute approximate surface area is 107 Å². The Balaban J connectivity index is 2.65. The Morgan fingerprint density at radius 1 is 1.41 bits per heavy atom. The average molecular weight is 299 g/mol. The normalized spacial score (nSPS) is 11.1. The molecule has 1 aromatic carbocycles. The topological polar surface area (TPSA) is 52.0 Å². The maximum absolute atomic E-state index is 14.0. The maximum atomic E-state index is 14.0. The maximum Gasteiger partial charge on any atom is 0.226 e. The summed E-state index contributed by atoms with van der Waals surface area (Å²) in [6.45, 7) is 3.92. The van der Waals surface area contributed by atoms with E-state index in [0.717, 1.165) is 5.56 Å². The van der Waals surface area contributed by atoms with Gasteiger partial charge in [0.1, 0.15) is 11.5 Å². The molecular formula is C12H12BrFN2O. The molecule has 0 bridgehead atoms. The molecule has 2 rings (SSSR count). The lowest BCUT2D eigenvalue weighted by Crippen LogP contribution is -1.96. The van der Waals surface area contributed by atoms with Gasteiger partial charge in [-0.3, -0.25) is 0 Å². The van der Waals surface area contributed by atoms with Crippen molar-refractivity contribution in [3.63, 3.8) is 0 Å². The molecule has 0 fully saturated rings. The van der Waals surface area contributed by atoms with Crippen molar-refractivity contribution < 1.29 is 8.91 Å². The van der Waals surface area contributed by atoms with Crippen molar-refractivity contribution in [3.8, 4) is 11.3 Å². The summed E-state index contributed by atoms with van der Waals surface area (Å²) in [6, 6.07) is 5.04. The standard InChI is InChI=1S/C12H12BrFN2O/c1-6(2)9-11(16-17-12(9)15)7-4-3-5-8(13)10(7)14/h3-6H,15H2,1-2H3. The van der Waals surface area contributed by atoms with Gasteiger partial charge >= 0.3 is 0 Å². The summed E-state index contributed by atoms with van der Waals surface area (Å²) in [5, 5.41) is 3.85. The van der Waals surface area contributed by atoms with E-state index in [1.165, 1.54) is 0 Å². The van der Waals surface area contributed by atoms with Crippen LogP contribution < -0.4 is 5.73 Å². The third-order valence-corrected chi connectivity index (χ3v) is 3.15. The molecule has 90 valence electrons. The number of nitrogens with two attached hydrogens (primary N) is 1. The van der Waals surface area contributed by atoms with Gasteiger partial charge in [-0.15, -0.1) is 0 Å². The number of rotatable bonds is 2. The van der Waals surface area contributed by atoms with Crippen LogP contribution in [-0.4, -0.2) is 5.16 Å². The van der Waals surface area contributed by atoms with Gasteiger partial charge in [-0.25, -0.2) is 4.39 Å². The summed E-state index contributed by atoms with van der Waals surface area (Å²) in [4.78, 5) is 0. The SMILES string of the molecule is CC(C)c1c(-c2cccc(Br)c2F)noc1N. The highest BCUT2D eigenvalue weighted by molar-refractivity contribution is 9.10. The minimum absolute atomic E-state index is 0.120. The molecule has 0 amide bonds. The van der Waals surface area contributed by atoms with Crippen LogP contribution in [0.15, 0.2) is 27.2 Å². The molecule has 0 saturated heterocycles. The summed E-state index contributed by atoms with van der Waals surface area (Å²) >= 11 is 3.15. The number of anilines is 1. The van der Waals surface area contributed by atoms with E-state index in [1.807, 2.05) is 13.8 Å². The molecule has 0 spiro atoms. The zero-order chi connectivity index (χ0) is 12.6. The molecule has 0 aliphatic heterocycles. The second-order valence-electron chi connectivity index (χ2n) is 4.07. The predicted molar refractivity (Wildman–Crippen MR) is 68.1 cm³/mol. The van der Waals surface area contributed by atoms with Gasteiger partial charge in [0.2, 0.25) is 5.88 Å². The third-order valence-electron chi connectivity index (χ3n) is 2.54. The molecule has 2 aromatic rings. The van der Waals surface area contributed by atoms with Gasteiger partial charge in [-0.1, -0.05) is 25.1 Å². The highest BCUT2D eigenvalue weighted by atomic mass is 79.9. The molecular weight excluding hydrogens is 287 g/mol. The smallest absolute Gasteiger partial charge is 0.226 e. The van der Waals surface area contributed by atoms with E-state index >= 15 is 0 Å². The number of aromatic nitrogens is 1. The molecule has 0 saturated carbocycles. The number of benzene rings is 1. The highest BCUT2D eigenvalue weighted by Gasteiger charge is 2.21. The molecule has 17 heavy (non-hydrogen) atoms. The second-order valence-corrected chi connectivity index (χ2v) is 4.92. The van der Waals surface area contributed by atoms with E-state index in [2.05, 4.69) is 21.1 Å². The molecule has 0 unspecified atom stereocenters. The van der Waals surface area contributed by atoms with E-state index < -0.39 is 0 Å². The number of nitrogens with zero attached hydrogens (tertiary/aromatic N) is 1. The van der Waals surface area contributed by atoms with Crippen LogP contribution in [0.3, 0.4) is 0 Å². The average Bonchev–Trinajstić information content (AvgIpc) is 2.64. The quantitative estimate of drug-likeness (QED) is 0.913. The monoisotopic (exact) mass is 298 g/mol. The summed E-state index contributed by atoms with van der Waals surface area (Å²) < 4.78 is 19.3. The molecule has 5 heteroatoms.